The summed E-state index contributed by atoms with van der Waals surface area (Å²) in [6.07, 6.45) is 1.29. The highest BCUT2D eigenvalue weighted by Gasteiger charge is 2.43. The number of nitrogens with zero attached hydrogens (tertiary/aromatic N) is 1. The summed E-state index contributed by atoms with van der Waals surface area (Å²) in [6.45, 7) is 3.78. The standard InChI is InChI=1S/C14H17BrFNO2/c1-2-14(13(18)19)3-4-17(9-14)8-10-5-11(15)7-12(16)6-10/h5-7H,2-4,8-9H2,1H3,(H,18,19). The van der Waals surface area contributed by atoms with Gasteiger partial charge in [-0.25, -0.2) is 4.39 Å². The Labute approximate surface area is 120 Å². The van der Waals surface area contributed by atoms with E-state index in [0.717, 1.165) is 12.1 Å². The molecule has 0 bridgehead atoms. The molecule has 1 aromatic carbocycles. The quantitative estimate of drug-likeness (QED) is 0.921. The van der Waals surface area contributed by atoms with Crippen LogP contribution in [0.1, 0.15) is 25.3 Å². The summed E-state index contributed by atoms with van der Waals surface area (Å²) >= 11 is 3.27. The van der Waals surface area contributed by atoms with Crippen molar-refractivity contribution >= 4 is 21.9 Å². The molecule has 1 N–H and O–H groups in total. The molecule has 19 heavy (non-hydrogen) atoms. The van der Waals surface area contributed by atoms with Gasteiger partial charge in [-0.3, -0.25) is 9.69 Å². The van der Waals surface area contributed by atoms with Crippen molar-refractivity contribution in [3.63, 3.8) is 0 Å². The zero-order valence-electron chi connectivity index (χ0n) is 10.8. The highest BCUT2D eigenvalue weighted by Crippen LogP contribution is 2.35. The first-order valence-electron chi connectivity index (χ1n) is 6.36. The lowest BCUT2D eigenvalue weighted by Gasteiger charge is -2.23. The van der Waals surface area contributed by atoms with E-state index in [1.54, 1.807) is 0 Å². The minimum Gasteiger partial charge on any atom is -0.481 e. The van der Waals surface area contributed by atoms with Crippen LogP contribution in [0.25, 0.3) is 0 Å². The van der Waals surface area contributed by atoms with Crippen LogP contribution in [0.5, 0.6) is 0 Å². The molecule has 104 valence electrons. The van der Waals surface area contributed by atoms with Crippen molar-refractivity contribution in [2.75, 3.05) is 13.1 Å². The molecule has 0 radical (unpaired) electrons. The molecular formula is C14H17BrFNO2. The third-order valence-electron chi connectivity index (χ3n) is 3.89. The Balaban J connectivity index is 2.08. The minimum absolute atomic E-state index is 0.274. The van der Waals surface area contributed by atoms with Gasteiger partial charge in [-0.2, -0.15) is 0 Å². The lowest BCUT2D eigenvalue weighted by molar-refractivity contribution is -0.148. The Morgan fingerprint density at radius 1 is 1.53 bits per heavy atom. The maximum absolute atomic E-state index is 13.3. The zero-order chi connectivity index (χ0) is 14.0. The molecule has 3 nitrogen and oxygen atoms in total. The molecule has 1 atom stereocenters. The first-order valence-corrected chi connectivity index (χ1v) is 7.15. The predicted molar refractivity (Wildman–Crippen MR) is 74.4 cm³/mol. The van der Waals surface area contributed by atoms with Gasteiger partial charge in [-0.05, 0) is 43.1 Å². The van der Waals surface area contributed by atoms with Crippen molar-refractivity contribution in [3.05, 3.63) is 34.1 Å². The van der Waals surface area contributed by atoms with Gasteiger partial charge in [0, 0.05) is 17.6 Å². The van der Waals surface area contributed by atoms with E-state index >= 15 is 0 Å². The van der Waals surface area contributed by atoms with Crippen molar-refractivity contribution in [1.82, 2.24) is 4.90 Å². The average molecular weight is 330 g/mol. The maximum Gasteiger partial charge on any atom is 0.310 e. The topological polar surface area (TPSA) is 40.5 Å². The van der Waals surface area contributed by atoms with Crippen LogP contribution in [-0.4, -0.2) is 29.1 Å². The molecule has 1 aromatic rings. The number of carbonyl (C=O) groups is 1. The van der Waals surface area contributed by atoms with Gasteiger partial charge in [0.1, 0.15) is 5.82 Å². The monoisotopic (exact) mass is 329 g/mol. The van der Waals surface area contributed by atoms with Gasteiger partial charge in [0.15, 0.2) is 0 Å². The normalized spacial score (nSPS) is 23.7. The summed E-state index contributed by atoms with van der Waals surface area (Å²) in [5.41, 5.74) is 0.231. The maximum atomic E-state index is 13.3. The molecule has 0 aromatic heterocycles. The molecule has 0 aliphatic carbocycles. The number of benzene rings is 1. The number of halogens is 2. The van der Waals surface area contributed by atoms with Crippen LogP contribution in [0.3, 0.4) is 0 Å². The molecular weight excluding hydrogens is 313 g/mol. The summed E-state index contributed by atoms with van der Waals surface area (Å²) < 4.78 is 14.0. The minimum atomic E-state index is -0.724. The van der Waals surface area contributed by atoms with Crippen LogP contribution in [0.15, 0.2) is 22.7 Å². The van der Waals surface area contributed by atoms with Crippen LogP contribution in [0.4, 0.5) is 4.39 Å². The molecule has 1 aliphatic rings. The molecule has 1 unspecified atom stereocenters. The summed E-state index contributed by atoms with van der Waals surface area (Å²) in [5, 5.41) is 9.34. The molecule has 1 fully saturated rings. The van der Waals surface area contributed by atoms with Crippen molar-refractivity contribution < 1.29 is 14.3 Å². The Kier molecular flexibility index (Phi) is 4.26. The molecule has 1 heterocycles. The number of likely N-dealkylation sites (tertiary alicyclic amines) is 1. The number of carboxylic acids is 1. The van der Waals surface area contributed by atoms with Crippen molar-refractivity contribution in [2.24, 2.45) is 5.41 Å². The third-order valence-corrected chi connectivity index (χ3v) is 4.35. The van der Waals surface area contributed by atoms with Crippen molar-refractivity contribution in [2.45, 2.75) is 26.3 Å². The van der Waals surface area contributed by atoms with Crippen LogP contribution in [0, 0.1) is 11.2 Å². The second-order valence-electron chi connectivity index (χ2n) is 5.18. The Bertz CT molecular complexity index is 474. The third kappa shape index (κ3) is 3.15. The fraction of sp³-hybridized carbons (Fsp3) is 0.500. The lowest BCUT2D eigenvalue weighted by Crippen LogP contribution is -2.33. The average Bonchev–Trinajstić information content (AvgIpc) is 2.72. The predicted octanol–water partition coefficient (Wildman–Crippen LogP) is 3.27. The van der Waals surface area contributed by atoms with E-state index in [-0.39, 0.29) is 5.82 Å². The van der Waals surface area contributed by atoms with Gasteiger partial charge in [-0.1, -0.05) is 22.9 Å². The van der Waals surface area contributed by atoms with E-state index in [2.05, 4.69) is 20.8 Å². The van der Waals surface area contributed by atoms with Crippen LogP contribution < -0.4 is 0 Å². The van der Waals surface area contributed by atoms with E-state index in [4.69, 9.17) is 0 Å². The van der Waals surface area contributed by atoms with Crippen LogP contribution in [-0.2, 0) is 11.3 Å². The number of carboxylic acid groups (broad SMARTS) is 1. The smallest absolute Gasteiger partial charge is 0.310 e. The summed E-state index contributed by atoms with van der Waals surface area (Å²) in [4.78, 5) is 13.4. The summed E-state index contributed by atoms with van der Waals surface area (Å²) in [7, 11) is 0. The summed E-state index contributed by atoms with van der Waals surface area (Å²) in [5.74, 6) is -0.999. The molecule has 5 heteroatoms. The van der Waals surface area contributed by atoms with Crippen LogP contribution in [0.2, 0.25) is 0 Å². The van der Waals surface area contributed by atoms with Crippen molar-refractivity contribution in [3.8, 4) is 0 Å². The first-order chi connectivity index (χ1) is 8.95. The van der Waals surface area contributed by atoms with Crippen LogP contribution >= 0.6 is 15.9 Å². The SMILES string of the molecule is CCC1(C(=O)O)CCN(Cc2cc(F)cc(Br)c2)C1. The van der Waals surface area contributed by atoms with E-state index in [0.29, 0.717) is 30.4 Å². The lowest BCUT2D eigenvalue weighted by atomic mass is 9.84. The molecule has 0 saturated carbocycles. The van der Waals surface area contributed by atoms with E-state index in [9.17, 15) is 14.3 Å². The van der Waals surface area contributed by atoms with Gasteiger partial charge in [-0.15, -0.1) is 0 Å². The van der Waals surface area contributed by atoms with Crippen molar-refractivity contribution in [1.29, 1.82) is 0 Å². The van der Waals surface area contributed by atoms with Gasteiger partial charge in [0.05, 0.1) is 5.41 Å². The molecule has 1 saturated heterocycles. The zero-order valence-corrected chi connectivity index (χ0v) is 12.4. The number of hydrogen-bond donors (Lipinski definition) is 1. The van der Waals surface area contributed by atoms with E-state index in [1.807, 2.05) is 13.0 Å². The van der Waals surface area contributed by atoms with Gasteiger partial charge >= 0.3 is 5.97 Å². The van der Waals surface area contributed by atoms with Gasteiger partial charge in [0.25, 0.3) is 0 Å². The second-order valence-corrected chi connectivity index (χ2v) is 6.09. The fourth-order valence-electron chi connectivity index (χ4n) is 2.67. The molecule has 0 amide bonds. The molecule has 2 rings (SSSR count). The highest BCUT2D eigenvalue weighted by molar-refractivity contribution is 9.10. The Hall–Kier alpha value is -0.940. The fourth-order valence-corrected chi connectivity index (χ4v) is 3.18. The second kappa shape index (κ2) is 5.59. The largest absolute Gasteiger partial charge is 0.481 e. The summed E-state index contributed by atoms with van der Waals surface area (Å²) in [6, 6.07) is 4.79. The number of aliphatic carboxylic acids is 1. The number of rotatable bonds is 4. The van der Waals surface area contributed by atoms with Gasteiger partial charge < -0.3 is 5.11 Å². The number of hydrogen-bond acceptors (Lipinski definition) is 2. The highest BCUT2D eigenvalue weighted by atomic mass is 79.9. The van der Waals surface area contributed by atoms with Gasteiger partial charge in [0.2, 0.25) is 0 Å². The molecule has 1 aliphatic heterocycles. The first kappa shape index (κ1) is 14.5. The molecule has 0 spiro atoms. The van der Waals surface area contributed by atoms with E-state index in [1.165, 1.54) is 12.1 Å². The van der Waals surface area contributed by atoms with E-state index < -0.39 is 11.4 Å². The Morgan fingerprint density at radius 3 is 2.79 bits per heavy atom. The Morgan fingerprint density at radius 2 is 2.26 bits per heavy atom.